The zero-order valence-corrected chi connectivity index (χ0v) is 13.0. The molecule has 17 heavy (non-hydrogen) atoms. The van der Waals surface area contributed by atoms with E-state index in [1.165, 1.54) is 24.8 Å². The summed E-state index contributed by atoms with van der Waals surface area (Å²) in [6, 6.07) is 0. The number of hydrogen-bond acceptors (Lipinski definition) is 0. The fourth-order valence-corrected chi connectivity index (χ4v) is 3.43. The van der Waals surface area contributed by atoms with Crippen molar-refractivity contribution < 1.29 is 0 Å². The Labute approximate surface area is 109 Å². The average molecular weight is 236 g/mol. The van der Waals surface area contributed by atoms with Gasteiger partial charge in [0, 0.05) is 0 Å². The second-order valence-electron chi connectivity index (χ2n) is 6.89. The second-order valence-corrected chi connectivity index (χ2v) is 6.89. The monoisotopic (exact) mass is 236 g/mol. The molecule has 1 saturated carbocycles. The molecule has 1 fully saturated rings. The Bertz CT molecular complexity index is 270. The topological polar surface area (TPSA) is 0 Å². The van der Waals surface area contributed by atoms with Crippen LogP contribution >= 0.6 is 0 Å². The van der Waals surface area contributed by atoms with Gasteiger partial charge in [0.05, 0.1) is 0 Å². The maximum atomic E-state index is 2.48. The lowest BCUT2D eigenvalue weighted by Crippen LogP contribution is -2.17. The molecule has 0 heteroatoms. The van der Waals surface area contributed by atoms with E-state index in [0.29, 0.717) is 0 Å². The molecule has 100 valence electrons. The van der Waals surface area contributed by atoms with Gasteiger partial charge in [-0.25, -0.2) is 0 Å². The average Bonchev–Trinajstić information content (AvgIpc) is 2.53. The summed E-state index contributed by atoms with van der Waals surface area (Å²) in [5.41, 5.74) is 3.11. The molecule has 0 N–H and O–H groups in total. The molecule has 5 atom stereocenters. The van der Waals surface area contributed by atoms with Crippen LogP contribution in [0.15, 0.2) is 11.1 Å². The Balaban J connectivity index is 2.49. The molecule has 0 saturated heterocycles. The van der Waals surface area contributed by atoms with Gasteiger partial charge in [0.15, 0.2) is 0 Å². The zero-order valence-electron chi connectivity index (χ0n) is 13.0. The molecule has 0 aromatic carbocycles. The smallest absolute Gasteiger partial charge is 0.0318 e. The molecule has 0 amide bonds. The van der Waals surface area contributed by atoms with Crippen molar-refractivity contribution in [3.63, 3.8) is 0 Å². The Morgan fingerprint density at radius 1 is 1.06 bits per heavy atom. The van der Waals surface area contributed by atoms with Gasteiger partial charge in [0.25, 0.3) is 0 Å². The van der Waals surface area contributed by atoms with Crippen LogP contribution in [-0.2, 0) is 0 Å². The van der Waals surface area contributed by atoms with E-state index >= 15 is 0 Å². The van der Waals surface area contributed by atoms with Crippen molar-refractivity contribution in [2.45, 2.75) is 67.7 Å². The molecule has 0 radical (unpaired) electrons. The molecule has 1 rings (SSSR count). The van der Waals surface area contributed by atoms with Gasteiger partial charge < -0.3 is 0 Å². The summed E-state index contributed by atoms with van der Waals surface area (Å²) in [6.45, 7) is 16.6. The maximum Gasteiger partial charge on any atom is -0.0318 e. The standard InChI is InChI=1S/C17H32/c1-11(2)12(3)8-9-13(4)17-10-14(5)15(6)16(17)7/h13-17H,8-10H2,1-7H3. The highest BCUT2D eigenvalue weighted by Gasteiger charge is 2.37. The summed E-state index contributed by atoms with van der Waals surface area (Å²) in [5, 5.41) is 0. The van der Waals surface area contributed by atoms with Crippen molar-refractivity contribution in [3.05, 3.63) is 11.1 Å². The highest BCUT2D eigenvalue weighted by atomic mass is 14.4. The van der Waals surface area contributed by atoms with E-state index in [1.54, 1.807) is 5.57 Å². The summed E-state index contributed by atoms with van der Waals surface area (Å²) in [4.78, 5) is 0. The first kappa shape index (κ1) is 14.8. The van der Waals surface area contributed by atoms with Gasteiger partial charge in [0.2, 0.25) is 0 Å². The molecular weight excluding hydrogens is 204 g/mol. The van der Waals surface area contributed by atoms with Gasteiger partial charge >= 0.3 is 0 Å². The molecule has 0 heterocycles. The van der Waals surface area contributed by atoms with Gasteiger partial charge in [-0.2, -0.15) is 0 Å². The SMILES string of the molecule is CC(C)=C(C)CCC(C)C1CC(C)C(C)C1C. The van der Waals surface area contributed by atoms with E-state index in [2.05, 4.69) is 48.5 Å². The van der Waals surface area contributed by atoms with Gasteiger partial charge in [0.1, 0.15) is 0 Å². The van der Waals surface area contributed by atoms with Crippen molar-refractivity contribution in [2.24, 2.45) is 29.6 Å². The first-order valence-electron chi connectivity index (χ1n) is 7.47. The van der Waals surface area contributed by atoms with Crippen molar-refractivity contribution in [1.82, 2.24) is 0 Å². The van der Waals surface area contributed by atoms with Gasteiger partial charge in [-0.15, -0.1) is 0 Å². The fourth-order valence-electron chi connectivity index (χ4n) is 3.43. The molecule has 0 aromatic heterocycles. The minimum Gasteiger partial charge on any atom is -0.0775 e. The Kier molecular flexibility index (Phi) is 5.28. The van der Waals surface area contributed by atoms with Crippen LogP contribution in [0.2, 0.25) is 0 Å². The van der Waals surface area contributed by atoms with Crippen molar-refractivity contribution in [3.8, 4) is 0 Å². The summed E-state index contributed by atoms with van der Waals surface area (Å²) in [5.74, 6) is 4.64. The highest BCUT2D eigenvalue weighted by Crippen LogP contribution is 2.45. The quantitative estimate of drug-likeness (QED) is 0.550. The van der Waals surface area contributed by atoms with Crippen LogP contribution < -0.4 is 0 Å². The van der Waals surface area contributed by atoms with Crippen molar-refractivity contribution in [2.75, 3.05) is 0 Å². The lowest BCUT2D eigenvalue weighted by atomic mass is 9.80. The highest BCUT2D eigenvalue weighted by molar-refractivity contribution is 5.06. The van der Waals surface area contributed by atoms with Crippen LogP contribution in [0.1, 0.15) is 67.7 Å². The maximum absolute atomic E-state index is 2.48. The van der Waals surface area contributed by atoms with E-state index in [4.69, 9.17) is 0 Å². The molecule has 0 aromatic rings. The van der Waals surface area contributed by atoms with Gasteiger partial charge in [-0.3, -0.25) is 0 Å². The molecule has 0 bridgehead atoms. The third-order valence-electron chi connectivity index (χ3n) is 5.61. The minimum absolute atomic E-state index is 0.895. The van der Waals surface area contributed by atoms with Crippen molar-refractivity contribution in [1.29, 1.82) is 0 Å². The van der Waals surface area contributed by atoms with E-state index in [0.717, 1.165) is 29.6 Å². The van der Waals surface area contributed by atoms with Crippen LogP contribution in [0.25, 0.3) is 0 Å². The summed E-state index contributed by atoms with van der Waals surface area (Å²) in [6.07, 6.45) is 4.14. The van der Waals surface area contributed by atoms with Crippen LogP contribution in [0.3, 0.4) is 0 Å². The van der Waals surface area contributed by atoms with Gasteiger partial charge in [-0.1, -0.05) is 38.8 Å². The first-order chi connectivity index (χ1) is 7.84. The summed E-state index contributed by atoms with van der Waals surface area (Å²) in [7, 11) is 0. The zero-order chi connectivity index (χ0) is 13.2. The molecule has 0 nitrogen and oxygen atoms in total. The van der Waals surface area contributed by atoms with Crippen LogP contribution in [0.4, 0.5) is 0 Å². The van der Waals surface area contributed by atoms with E-state index in [9.17, 15) is 0 Å². The first-order valence-corrected chi connectivity index (χ1v) is 7.47. The predicted molar refractivity (Wildman–Crippen MR) is 78.0 cm³/mol. The van der Waals surface area contributed by atoms with Crippen LogP contribution in [0, 0.1) is 29.6 Å². The number of hydrogen-bond donors (Lipinski definition) is 0. The molecule has 5 unspecified atom stereocenters. The van der Waals surface area contributed by atoms with E-state index < -0.39 is 0 Å². The molecule has 0 aliphatic heterocycles. The normalized spacial score (nSPS) is 34.8. The lowest BCUT2D eigenvalue weighted by Gasteiger charge is -2.25. The minimum atomic E-state index is 0.895. The molecular formula is C17H32. The van der Waals surface area contributed by atoms with Gasteiger partial charge in [-0.05, 0) is 69.6 Å². The van der Waals surface area contributed by atoms with Crippen molar-refractivity contribution >= 4 is 0 Å². The number of rotatable bonds is 4. The molecule has 1 aliphatic rings. The van der Waals surface area contributed by atoms with E-state index in [1.807, 2.05) is 0 Å². The second kappa shape index (κ2) is 6.07. The Morgan fingerprint density at radius 3 is 2.06 bits per heavy atom. The largest absolute Gasteiger partial charge is 0.0775 e. The molecule has 1 aliphatic carbocycles. The summed E-state index contributed by atoms with van der Waals surface area (Å²) >= 11 is 0. The third-order valence-corrected chi connectivity index (χ3v) is 5.61. The van der Waals surface area contributed by atoms with E-state index in [-0.39, 0.29) is 0 Å². The lowest BCUT2D eigenvalue weighted by molar-refractivity contribution is 0.254. The Morgan fingerprint density at radius 2 is 1.65 bits per heavy atom. The Hall–Kier alpha value is -0.260. The number of allylic oxidation sites excluding steroid dienone is 2. The predicted octanol–water partition coefficient (Wildman–Crippen LogP) is 5.69. The molecule has 0 spiro atoms. The third kappa shape index (κ3) is 3.60. The fraction of sp³-hybridized carbons (Fsp3) is 0.882. The van der Waals surface area contributed by atoms with Crippen LogP contribution in [-0.4, -0.2) is 0 Å². The summed E-state index contributed by atoms with van der Waals surface area (Å²) < 4.78 is 0. The van der Waals surface area contributed by atoms with Crippen LogP contribution in [0.5, 0.6) is 0 Å².